The van der Waals surface area contributed by atoms with E-state index in [-0.39, 0.29) is 5.82 Å². The summed E-state index contributed by atoms with van der Waals surface area (Å²) >= 11 is 0. The Bertz CT molecular complexity index is 468. The Morgan fingerprint density at radius 2 is 2.07 bits per heavy atom. The molecule has 2 nitrogen and oxygen atoms in total. The highest BCUT2D eigenvalue weighted by molar-refractivity contribution is 5.80. The molecule has 0 bridgehead atoms. The van der Waals surface area contributed by atoms with Crippen molar-refractivity contribution in [2.24, 2.45) is 0 Å². The summed E-state index contributed by atoms with van der Waals surface area (Å²) in [6.07, 6.45) is 1.75. The molecule has 0 spiro atoms. The van der Waals surface area contributed by atoms with E-state index in [1.165, 1.54) is 6.07 Å². The number of aromatic amines is 1. The number of aliphatic hydroxyl groups is 1. The van der Waals surface area contributed by atoms with Crippen molar-refractivity contribution in [3.63, 3.8) is 0 Å². The Balaban J connectivity index is 2.71. The Kier molecular flexibility index (Phi) is 1.86. The fourth-order valence-electron chi connectivity index (χ4n) is 1.54. The van der Waals surface area contributed by atoms with Crippen LogP contribution in [-0.2, 0) is 5.60 Å². The smallest absolute Gasteiger partial charge is 0.130 e. The van der Waals surface area contributed by atoms with Crippen molar-refractivity contribution >= 4 is 10.9 Å². The van der Waals surface area contributed by atoms with E-state index in [1.54, 1.807) is 32.2 Å². The van der Waals surface area contributed by atoms with E-state index in [4.69, 9.17) is 0 Å². The van der Waals surface area contributed by atoms with Gasteiger partial charge in [0.15, 0.2) is 0 Å². The lowest BCUT2D eigenvalue weighted by molar-refractivity contribution is 0.0747. The van der Waals surface area contributed by atoms with Gasteiger partial charge in [-0.3, -0.25) is 0 Å². The molecule has 0 radical (unpaired) electrons. The predicted molar refractivity (Wildman–Crippen MR) is 53.5 cm³/mol. The van der Waals surface area contributed by atoms with Crippen LogP contribution in [-0.4, -0.2) is 10.1 Å². The molecule has 1 aromatic heterocycles. The van der Waals surface area contributed by atoms with Crippen molar-refractivity contribution in [2.45, 2.75) is 19.4 Å². The molecule has 0 aliphatic heterocycles. The van der Waals surface area contributed by atoms with E-state index in [0.717, 1.165) is 10.9 Å². The average molecular weight is 193 g/mol. The van der Waals surface area contributed by atoms with Gasteiger partial charge in [0.05, 0.1) is 5.60 Å². The third-order valence-corrected chi connectivity index (χ3v) is 2.30. The highest BCUT2D eigenvalue weighted by Gasteiger charge is 2.21. The van der Waals surface area contributed by atoms with Crippen molar-refractivity contribution in [3.05, 3.63) is 35.8 Å². The van der Waals surface area contributed by atoms with Gasteiger partial charge in [0.2, 0.25) is 0 Å². The first-order valence-corrected chi connectivity index (χ1v) is 4.48. The Morgan fingerprint density at radius 3 is 2.71 bits per heavy atom. The van der Waals surface area contributed by atoms with Crippen LogP contribution in [0.3, 0.4) is 0 Å². The van der Waals surface area contributed by atoms with Gasteiger partial charge in [-0.1, -0.05) is 0 Å². The van der Waals surface area contributed by atoms with E-state index >= 15 is 0 Å². The van der Waals surface area contributed by atoms with Crippen molar-refractivity contribution in [2.75, 3.05) is 0 Å². The Morgan fingerprint density at radius 1 is 1.36 bits per heavy atom. The number of rotatable bonds is 1. The summed E-state index contributed by atoms with van der Waals surface area (Å²) in [5.41, 5.74) is -0.000370. The van der Waals surface area contributed by atoms with Crippen LogP contribution in [0.2, 0.25) is 0 Å². The highest BCUT2D eigenvalue weighted by atomic mass is 19.1. The van der Waals surface area contributed by atoms with E-state index in [9.17, 15) is 9.50 Å². The number of hydrogen-bond acceptors (Lipinski definition) is 1. The lowest BCUT2D eigenvalue weighted by Crippen LogP contribution is -2.17. The number of halogens is 1. The standard InChI is InChI=1S/C11H12FNO/c1-11(2,14)8-6-10-7(3-4-13-10)5-9(8)12/h3-6,13-14H,1-2H3. The maximum atomic E-state index is 13.5. The summed E-state index contributed by atoms with van der Waals surface area (Å²) in [5, 5.41) is 10.5. The van der Waals surface area contributed by atoms with Crippen LogP contribution in [0.1, 0.15) is 19.4 Å². The molecule has 0 unspecified atom stereocenters. The maximum absolute atomic E-state index is 13.5. The largest absolute Gasteiger partial charge is 0.386 e. The summed E-state index contributed by atoms with van der Waals surface area (Å²) in [5.74, 6) is -0.371. The number of benzene rings is 1. The molecule has 14 heavy (non-hydrogen) atoms. The molecule has 0 saturated carbocycles. The van der Waals surface area contributed by atoms with Gasteiger partial charge in [-0.25, -0.2) is 4.39 Å². The second kappa shape index (κ2) is 2.82. The van der Waals surface area contributed by atoms with Gasteiger partial charge >= 0.3 is 0 Å². The van der Waals surface area contributed by atoms with Gasteiger partial charge in [-0.15, -0.1) is 0 Å². The van der Waals surface area contributed by atoms with E-state index in [2.05, 4.69) is 4.98 Å². The zero-order chi connectivity index (χ0) is 10.3. The van der Waals surface area contributed by atoms with Gasteiger partial charge in [-0.2, -0.15) is 0 Å². The van der Waals surface area contributed by atoms with Crippen LogP contribution in [0.15, 0.2) is 24.4 Å². The number of aromatic nitrogens is 1. The van der Waals surface area contributed by atoms with E-state index in [0.29, 0.717) is 5.56 Å². The van der Waals surface area contributed by atoms with Crippen LogP contribution >= 0.6 is 0 Å². The summed E-state index contributed by atoms with van der Waals surface area (Å²) in [4.78, 5) is 2.98. The molecule has 2 aromatic rings. The van der Waals surface area contributed by atoms with Gasteiger partial charge in [0.25, 0.3) is 0 Å². The van der Waals surface area contributed by atoms with Crippen molar-refractivity contribution in [1.29, 1.82) is 0 Å². The second-order valence-electron chi connectivity index (χ2n) is 3.96. The SMILES string of the molecule is CC(C)(O)c1cc2[nH]ccc2cc1F. The van der Waals surface area contributed by atoms with Crippen LogP contribution in [0.25, 0.3) is 10.9 Å². The lowest BCUT2D eigenvalue weighted by Gasteiger charge is -2.18. The first-order chi connectivity index (χ1) is 6.48. The number of hydrogen-bond donors (Lipinski definition) is 2. The molecular weight excluding hydrogens is 181 g/mol. The van der Waals surface area contributed by atoms with Crippen LogP contribution in [0.4, 0.5) is 4.39 Å². The molecule has 0 atom stereocenters. The first kappa shape index (κ1) is 9.21. The number of nitrogens with one attached hydrogen (secondary N) is 1. The van der Waals surface area contributed by atoms with Crippen LogP contribution < -0.4 is 0 Å². The minimum Gasteiger partial charge on any atom is -0.386 e. The molecule has 2 rings (SSSR count). The highest BCUT2D eigenvalue weighted by Crippen LogP contribution is 2.26. The molecule has 0 saturated heterocycles. The van der Waals surface area contributed by atoms with Gasteiger partial charge < -0.3 is 10.1 Å². The summed E-state index contributed by atoms with van der Waals surface area (Å²) in [6.45, 7) is 3.14. The van der Waals surface area contributed by atoms with Crippen molar-refractivity contribution in [1.82, 2.24) is 4.98 Å². The minimum atomic E-state index is -1.15. The predicted octanol–water partition coefficient (Wildman–Crippen LogP) is 2.53. The molecule has 0 fully saturated rings. The van der Waals surface area contributed by atoms with Crippen LogP contribution in [0, 0.1) is 5.82 Å². The van der Waals surface area contributed by atoms with Gasteiger partial charge in [-0.05, 0) is 32.0 Å². The third-order valence-electron chi connectivity index (χ3n) is 2.30. The van der Waals surface area contributed by atoms with Gasteiger partial charge in [0.1, 0.15) is 5.82 Å². The number of H-pyrrole nitrogens is 1. The van der Waals surface area contributed by atoms with Crippen molar-refractivity contribution in [3.8, 4) is 0 Å². The molecule has 0 amide bonds. The molecule has 1 heterocycles. The van der Waals surface area contributed by atoms with Crippen molar-refractivity contribution < 1.29 is 9.50 Å². The maximum Gasteiger partial charge on any atom is 0.130 e. The fraction of sp³-hybridized carbons (Fsp3) is 0.273. The topological polar surface area (TPSA) is 36.0 Å². The summed E-state index contributed by atoms with van der Waals surface area (Å²) in [6, 6.07) is 4.87. The van der Waals surface area contributed by atoms with Crippen LogP contribution in [0.5, 0.6) is 0 Å². The quantitative estimate of drug-likeness (QED) is 0.717. The zero-order valence-corrected chi connectivity index (χ0v) is 8.13. The molecule has 0 aliphatic rings. The Hall–Kier alpha value is -1.35. The number of fused-ring (bicyclic) bond motifs is 1. The molecule has 3 heteroatoms. The second-order valence-corrected chi connectivity index (χ2v) is 3.96. The molecule has 1 aromatic carbocycles. The molecule has 0 aliphatic carbocycles. The van der Waals surface area contributed by atoms with Gasteiger partial charge in [0, 0.05) is 22.7 Å². The average Bonchev–Trinajstić information content (AvgIpc) is 2.47. The minimum absolute atomic E-state index is 0.312. The molecule has 74 valence electrons. The summed E-state index contributed by atoms with van der Waals surface area (Å²) < 4.78 is 13.5. The summed E-state index contributed by atoms with van der Waals surface area (Å²) in [7, 11) is 0. The van der Waals surface area contributed by atoms with E-state index < -0.39 is 5.60 Å². The third kappa shape index (κ3) is 1.40. The lowest BCUT2D eigenvalue weighted by atomic mass is 9.97. The first-order valence-electron chi connectivity index (χ1n) is 4.48. The normalized spacial score (nSPS) is 12.3. The zero-order valence-electron chi connectivity index (χ0n) is 8.13. The Labute approximate surface area is 81.4 Å². The molecule has 2 N–H and O–H groups in total. The molecular formula is C11H12FNO. The monoisotopic (exact) mass is 193 g/mol. The fourth-order valence-corrected chi connectivity index (χ4v) is 1.54. The van der Waals surface area contributed by atoms with E-state index in [1.807, 2.05) is 0 Å².